The van der Waals surface area contributed by atoms with Gasteiger partial charge in [0.15, 0.2) is 5.82 Å². The molecule has 0 aliphatic carbocycles. The third-order valence-corrected chi connectivity index (χ3v) is 5.42. The van der Waals surface area contributed by atoms with E-state index in [9.17, 15) is 0 Å². The molecule has 0 N–H and O–H groups in total. The number of aromatic nitrogens is 4. The lowest BCUT2D eigenvalue weighted by Crippen LogP contribution is -2.31. The predicted molar refractivity (Wildman–Crippen MR) is 103 cm³/mol. The minimum Gasteiger partial charge on any atom is -0.383 e. The summed E-state index contributed by atoms with van der Waals surface area (Å²) in [5.74, 6) is 1.45. The lowest BCUT2D eigenvalue weighted by Gasteiger charge is -2.31. The van der Waals surface area contributed by atoms with Crippen LogP contribution in [0.3, 0.4) is 0 Å². The largest absolute Gasteiger partial charge is 0.383 e. The van der Waals surface area contributed by atoms with Crippen LogP contribution in [-0.2, 0) is 16.7 Å². The van der Waals surface area contributed by atoms with Crippen molar-refractivity contribution < 1.29 is 9.26 Å². The fourth-order valence-electron chi connectivity index (χ4n) is 2.85. The molecule has 1 unspecified atom stereocenters. The van der Waals surface area contributed by atoms with Crippen molar-refractivity contribution in [2.24, 2.45) is 5.92 Å². The summed E-state index contributed by atoms with van der Waals surface area (Å²) in [7, 11) is 1.67. The zero-order valence-electron chi connectivity index (χ0n) is 15.4. The molecule has 0 bridgehead atoms. The summed E-state index contributed by atoms with van der Waals surface area (Å²) in [6.45, 7) is 7.77. The maximum Gasteiger partial charge on any atom is 0.261 e. The van der Waals surface area contributed by atoms with Crippen molar-refractivity contribution in [1.29, 1.82) is 0 Å². The highest BCUT2D eigenvalue weighted by molar-refractivity contribution is 9.10. The Morgan fingerprint density at radius 3 is 2.65 bits per heavy atom. The highest BCUT2D eigenvalue weighted by Crippen LogP contribution is 2.38. The Morgan fingerprint density at radius 2 is 2.00 bits per heavy atom. The number of rotatable bonds is 7. The van der Waals surface area contributed by atoms with Crippen molar-refractivity contribution in [3.8, 4) is 11.5 Å². The van der Waals surface area contributed by atoms with Gasteiger partial charge in [0, 0.05) is 17.8 Å². The van der Waals surface area contributed by atoms with Gasteiger partial charge >= 0.3 is 0 Å². The molecule has 0 saturated heterocycles. The second kappa shape index (κ2) is 7.72. The van der Waals surface area contributed by atoms with Gasteiger partial charge in [-0.2, -0.15) is 10.1 Å². The summed E-state index contributed by atoms with van der Waals surface area (Å²) in [4.78, 5) is 4.69. The molecule has 2 heterocycles. The van der Waals surface area contributed by atoms with Crippen LogP contribution in [0.1, 0.15) is 32.2 Å². The van der Waals surface area contributed by atoms with E-state index in [1.807, 2.05) is 18.3 Å². The maximum atomic E-state index is 5.56. The molecule has 1 aromatic carbocycles. The normalized spacial score (nSPS) is 13.9. The average molecular weight is 419 g/mol. The first-order chi connectivity index (χ1) is 12.4. The molecule has 0 spiro atoms. The first-order valence-electron chi connectivity index (χ1n) is 8.57. The van der Waals surface area contributed by atoms with Gasteiger partial charge in [0.25, 0.3) is 5.89 Å². The molecule has 0 radical (unpaired) electrons. The van der Waals surface area contributed by atoms with Crippen molar-refractivity contribution in [2.75, 3.05) is 13.7 Å². The van der Waals surface area contributed by atoms with Crippen LogP contribution in [0.5, 0.6) is 0 Å². The molecule has 0 aliphatic rings. The van der Waals surface area contributed by atoms with E-state index in [4.69, 9.17) is 14.2 Å². The fourth-order valence-corrected chi connectivity index (χ4v) is 3.11. The predicted octanol–water partition coefficient (Wildman–Crippen LogP) is 4.30. The monoisotopic (exact) mass is 418 g/mol. The smallest absolute Gasteiger partial charge is 0.261 e. The minimum atomic E-state index is -0.353. The summed E-state index contributed by atoms with van der Waals surface area (Å²) < 4.78 is 13.5. The first-order valence-corrected chi connectivity index (χ1v) is 9.36. The Hall–Kier alpha value is -1.99. The standard InChI is InChI=1S/C19H23BrN4O2/c1-13(2)19(3,15-5-7-16(20)8-6-15)18-22-17(26-23-18)14-11-21-24(12-14)9-10-25-4/h5-8,11-13H,9-10H2,1-4H3. The molecule has 0 amide bonds. The van der Waals surface area contributed by atoms with E-state index in [1.54, 1.807) is 18.0 Å². The van der Waals surface area contributed by atoms with Crippen molar-refractivity contribution in [3.05, 3.63) is 52.5 Å². The van der Waals surface area contributed by atoms with Gasteiger partial charge in [-0.25, -0.2) is 0 Å². The van der Waals surface area contributed by atoms with E-state index in [-0.39, 0.29) is 5.41 Å². The quantitative estimate of drug-likeness (QED) is 0.571. The van der Waals surface area contributed by atoms with E-state index in [0.29, 0.717) is 30.8 Å². The van der Waals surface area contributed by atoms with E-state index >= 15 is 0 Å². The number of hydrogen-bond donors (Lipinski definition) is 0. The number of benzene rings is 1. The van der Waals surface area contributed by atoms with Crippen molar-refractivity contribution >= 4 is 15.9 Å². The highest BCUT2D eigenvalue weighted by atomic mass is 79.9. The fraction of sp³-hybridized carbons (Fsp3) is 0.421. The van der Waals surface area contributed by atoms with E-state index in [1.165, 1.54) is 0 Å². The summed E-state index contributed by atoms with van der Waals surface area (Å²) in [6.07, 6.45) is 3.63. The molecule has 0 aliphatic heterocycles. The minimum absolute atomic E-state index is 0.290. The molecule has 138 valence electrons. The Labute approximate surface area is 161 Å². The SMILES string of the molecule is COCCn1cc(-c2nc(C(C)(c3ccc(Br)cc3)C(C)C)no2)cn1. The van der Waals surface area contributed by atoms with Gasteiger partial charge in [-0.15, -0.1) is 0 Å². The van der Waals surface area contributed by atoms with Crippen LogP contribution in [0.2, 0.25) is 0 Å². The summed E-state index contributed by atoms with van der Waals surface area (Å²) in [5.41, 5.74) is 1.61. The van der Waals surface area contributed by atoms with Gasteiger partial charge in [-0.3, -0.25) is 4.68 Å². The van der Waals surface area contributed by atoms with Crippen LogP contribution in [0.4, 0.5) is 0 Å². The van der Waals surface area contributed by atoms with E-state index < -0.39 is 0 Å². The van der Waals surface area contributed by atoms with Crippen LogP contribution in [0.25, 0.3) is 11.5 Å². The Kier molecular flexibility index (Phi) is 5.58. The Bertz CT molecular complexity index is 857. The molecular formula is C19H23BrN4O2. The lowest BCUT2D eigenvalue weighted by molar-refractivity contribution is 0.183. The van der Waals surface area contributed by atoms with Gasteiger partial charge in [0.1, 0.15) is 0 Å². The summed E-state index contributed by atoms with van der Waals surface area (Å²) >= 11 is 3.49. The second-order valence-electron chi connectivity index (χ2n) is 6.77. The van der Waals surface area contributed by atoms with Gasteiger partial charge in [-0.1, -0.05) is 47.1 Å². The molecule has 6 nitrogen and oxygen atoms in total. The summed E-state index contributed by atoms with van der Waals surface area (Å²) in [5, 5.41) is 8.60. The highest BCUT2D eigenvalue weighted by Gasteiger charge is 2.37. The van der Waals surface area contributed by atoms with E-state index in [0.717, 1.165) is 15.6 Å². The molecule has 2 aromatic heterocycles. The Morgan fingerprint density at radius 1 is 1.27 bits per heavy atom. The molecular weight excluding hydrogens is 396 g/mol. The van der Waals surface area contributed by atoms with Crippen LogP contribution in [0.15, 0.2) is 45.7 Å². The maximum absolute atomic E-state index is 5.56. The van der Waals surface area contributed by atoms with Gasteiger partial charge in [0.05, 0.1) is 30.3 Å². The average Bonchev–Trinajstić information content (AvgIpc) is 3.29. The van der Waals surface area contributed by atoms with Gasteiger partial charge in [0.2, 0.25) is 0 Å². The zero-order valence-corrected chi connectivity index (χ0v) is 17.0. The van der Waals surface area contributed by atoms with Crippen molar-refractivity contribution in [2.45, 2.75) is 32.7 Å². The Balaban J connectivity index is 1.93. The first kappa shape index (κ1) is 18.8. The summed E-state index contributed by atoms with van der Waals surface area (Å²) in [6, 6.07) is 8.28. The molecule has 0 fully saturated rings. The third-order valence-electron chi connectivity index (χ3n) is 4.89. The van der Waals surface area contributed by atoms with Crippen molar-refractivity contribution in [1.82, 2.24) is 19.9 Å². The van der Waals surface area contributed by atoms with Crippen LogP contribution in [-0.4, -0.2) is 33.6 Å². The molecule has 3 aromatic rings. The van der Waals surface area contributed by atoms with E-state index in [2.05, 4.69) is 59.1 Å². The zero-order chi connectivity index (χ0) is 18.7. The number of methoxy groups -OCH3 is 1. The molecule has 1 atom stereocenters. The number of hydrogen-bond acceptors (Lipinski definition) is 5. The van der Waals surface area contributed by atoms with Crippen molar-refractivity contribution in [3.63, 3.8) is 0 Å². The molecule has 0 saturated carbocycles. The van der Waals surface area contributed by atoms with Crippen LogP contribution >= 0.6 is 15.9 Å². The number of halogens is 1. The van der Waals surface area contributed by atoms with Crippen LogP contribution < -0.4 is 0 Å². The molecule has 7 heteroatoms. The molecule has 3 rings (SSSR count). The lowest BCUT2D eigenvalue weighted by atomic mass is 9.73. The molecule has 26 heavy (non-hydrogen) atoms. The van der Waals surface area contributed by atoms with Crippen LogP contribution in [0, 0.1) is 5.92 Å². The topological polar surface area (TPSA) is 66.0 Å². The van der Waals surface area contributed by atoms with Gasteiger partial charge < -0.3 is 9.26 Å². The van der Waals surface area contributed by atoms with Gasteiger partial charge in [-0.05, 0) is 30.5 Å². The number of ether oxygens (including phenoxy) is 1. The third kappa shape index (κ3) is 3.59. The number of nitrogens with zero attached hydrogens (tertiary/aromatic N) is 4. The second-order valence-corrected chi connectivity index (χ2v) is 7.69.